The number of alkyl carbamates (subject to hydrolysis) is 1. The van der Waals surface area contributed by atoms with Crippen molar-refractivity contribution in [1.82, 2.24) is 10.6 Å². The molecular formula is C16H25FN2O2. The molecule has 0 saturated carbocycles. The summed E-state index contributed by atoms with van der Waals surface area (Å²) in [7, 11) is 0. The summed E-state index contributed by atoms with van der Waals surface area (Å²) in [5, 5.41) is 6.00. The summed E-state index contributed by atoms with van der Waals surface area (Å²) in [6, 6.07) is 6.46. The molecule has 118 valence electrons. The zero-order valence-electron chi connectivity index (χ0n) is 13.0. The molecule has 0 spiro atoms. The van der Waals surface area contributed by atoms with Gasteiger partial charge in [0.15, 0.2) is 0 Å². The summed E-state index contributed by atoms with van der Waals surface area (Å²) in [6.07, 6.45) is 1.47. The summed E-state index contributed by atoms with van der Waals surface area (Å²) < 4.78 is 17.9. The maximum atomic E-state index is 12.7. The third kappa shape index (κ3) is 9.02. The zero-order chi connectivity index (χ0) is 15.7. The van der Waals surface area contributed by atoms with E-state index in [1.807, 2.05) is 20.8 Å². The van der Waals surface area contributed by atoms with Crippen LogP contribution < -0.4 is 10.6 Å². The third-order valence-electron chi connectivity index (χ3n) is 2.69. The maximum absolute atomic E-state index is 12.7. The maximum Gasteiger partial charge on any atom is 0.407 e. The molecule has 1 aromatic rings. The molecule has 1 rings (SSSR count). The van der Waals surface area contributed by atoms with Crippen molar-refractivity contribution in [2.75, 3.05) is 13.1 Å². The molecule has 0 aliphatic carbocycles. The lowest BCUT2D eigenvalue weighted by molar-refractivity contribution is 0.0527. The van der Waals surface area contributed by atoms with Crippen LogP contribution in [0.5, 0.6) is 0 Å². The van der Waals surface area contributed by atoms with Crippen LogP contribution in [0, 0.1) is 5.82 Å². The molecule has 1 aromatic carbocycles. The van der Waals surface area contributed by atoms with E-state index in [0.29, 0.717) is 6.54 Å². The molecule has 5 heteroatoms. The van der Waals surface area contributed by atoms with Crippen LogP contribution in [-0.2, 0) is 11.3 Å². The number of ether oxygens (including phenoxy) is 1. The monoisotopic (exact) mass is 296 g/mol. The second-order valence-corrected chi connectivity index (χ2v) is 5.94. The topological polar surface area (TPSA) is 50.4 Å². The highest BCUT2D eigenvalue weighted by atomic mass is 19.1. The van der Waals surface area contributed by atoms with Crippen molar-refractivity contribution in [3.8, 4) is 0 Å². The number of unbranched alkanes of at least 4 members (excludes halogenated alkanes) is 1. The average molecular weight is 296 g/mol. The summed E-state index contributed by atoms with van der Waals surface area (Å²) in [6.45, 7) is 7.70. The quantitative estimate of drug-likeness (QED) is 0.760. The summed E-state index contributed by atoms with van der Waals surface area (Å²) in [5.74, 6) is -0.216. The van der Waals surface area contributed by atoms with Crippen LogP contribution in [0.4, 0.5) is 9.18 Å². The Bertz CT molecular complexity index is 427. The van der Waals surface area contributed by atoms with Gasteiger partial charge in [-0.3, -0.25) is 0 Å². The van der Waals surface area contributed by atoms with Gasteiger partial charge in [0.2, 0.25) is 0 Å². The van der Waals surface area contributed by atoms with Gasteiger partial charge in [0.05, 0.1) is 0 Å². The molecule has 4 nitrogen and oxygen atoms in total. The van der Waals surface area contributed by atoms with Crippen LogP contribution in [0.1, 0.15) is 39.2 Å². The minimum atomic E-state index is -0.458. The van der Waals surface area contributed by atoms with E-state index in [4.69, 9.17) is 4.74 Å². The van der Waals surface area contributed by atoms with E-state index in [1.165, 1.54) is 12.1 Å². The van der Waals surface area contributed by atoms with Gasteiger partial charge in [-0.1, -0.05) is 12.1 Å². The van der Waals surface area contributed by atoms with Crippen molar-refractivity contribution in [3.05, 3.63) is 35.6 Å². The molecule has 2 N–H and O–H groups in total. The molecule has 21 heavy (non-hydrogen) atoms. The molecule has 0 heterocycles. The highest BCUT2D eigenvalue weighted by Gasteiger charge is 2.15. The molecule has 0 aromatic heterocycles. The van der Waals surface area contributed by atoms with Crippen LogP contribution >= 0.6 is 0 Å². The average Bonchev–Trinajstić information content (AvgIpc) is 2.37. The highest BCUT2D eigenvalue weighted by Crippen LogP contribution is 2.06. The van der Waals surface area contributed by atoms with Gasteiger partial charge in [-0.25, -0.2) is 9.18 Å². The Kier molecular flexibility index (Phi) is 7.15. The van der Waals surface area contributed by atoms with Gasteiger partial charge >= 0.3 is 6.09 Å². The number of carbonyl (C=O) groups is 1. The number of carbonyl (C=O) groups excluding carboxylic acids is 1. The van der Waals surface area contributed by atoms with Gasteiger partial charge in [-0.2, -0.15) is 0 Å². The van der Waals surface area contributed by atoms with E-state index in [1.54, 1.807) is 12.1 Å². The van der Waals surface area contributed by atoms with Gasteiger partial charge in [0, 0.05) is 13.1 Å². The number of halogens is 1. The van der Waals surface area contributed by atoms with E-state index in [0.717, 1.165) is 31.5 Å². The second-order valence-electron chi connectivity index (χ2n) is 5.94. The Morgan fingerprint density at radius 3 is 2.38 bits per heavy atom. The first-order valence-electron chi connectivity index (χ1n) is 7.29. The van der Waals surface area contributed by atoms with Gasteiger partial charge < -0.3 is 15.4 Å². The summed E-state index contributed by atoms with van der Waals surface area (Å²) >= 11 is 0. The smallest absolute Gasteiger partial charge is 0.407 e. The number of amides is 1. The first kappa shape index (κ1) is 17.4. The Balaban J connectivity index is 2.00. The largest absolute Gasteiger partial charge is 0.444 e. The molecule has 0 bridgehead atoms. The fraction of sp³-hybridized carbons (Fsp3) is 0.562. The number of rotatable bonds is 7. The highest BCUT2D eigenvalue weighted by molar-refractivity contribution is 5.67. The minimum Gasteiger partial charge on any atom is -0.444 e. The van der Waals surface area contributed by atoms with Crippen molar-refractivity contribution in [3.63, 3.8) is 0 Å². The Morgan fingerprint density at radius 2 is 1.76 bits per heavy atom. The molecule has 0 atom stereocenters. The Hall–Kier alpha value is -1.62. The molecule has 0 radical (unpaired) electrons. The lowest BCUT2D eigenvalue weighted by atomic mass is 10.2. The van der Waals surface area contributed by atoms with E-state index >= 15 is 0 Å². The molecule has 0 fully saturated rings. The second kappa shape index (κ2) is 8.62. The van der Waals surface area contributed by atoms with Crippen molar-refractivity contribution in [2.45, 2.75) is 45.8 Å². The van der Waals surface area contributed by atoms with E-state index < -0.39 is 5.60 Å². The predicted molar refractivity (Wildman–Crippen MR) is 81.6 cm³/mol. The van der Waals surface area contributed by atoms with Crippen LogP contribution in [0.3, 0.4) is 0 Å². The summed E-state index contributed by atoms with van der Waals surface area (Å²) in [5.41, 5.74) is 0.601. The Labute approximate surface area is 126 Å². The van der Waals surface area contributed by atoms with Gasteiger partial charge in [-0.15, -0.1) is 0 Å². The van der Waals surface area contributed by atoms with Gasteiger partial charge in [0.1, 0.15) is 11.4 Å². The standard InChI is InChI=1S/C16H25FN2O2/c1-16(2,3)21-15(20)19-11-5-4-10-18-12-13-6-8-14(17)9-7-13/h6-9,18H,4-5,10-12H2,1-3H3,(H,19,20). The van der Waals surface area contributed by atoms with E-state index in [2.05, 4.69) is 10.6 Å². The fourth-order valence-corrected chi connectivity index (χ4v) is 1.71. The lowest BCUT2D eigenvalue weighted by Gasteiger charge is -2.19. The van der Waals surface area contributed by atoms with Crippen molar-refractivity contribution in [2.24, 2.45) is 0 Å². The molecule has 0 unspecified atom stereocenters. The third-order valence-corrected chi connectivity index (χ3v) is 2.69. The van der Waals surface area contributed by atoms with Crippen molar-refractivity contribution in [1.29, 1.82) is 0 Å². The van der Waals surface area contributed by atoms with Crippen LogP contribution in [0.2, 0.25) is 0 Å². The van der Waals surface area contributed by atoms with Crippen LogP contribution in [-0.4, -0.2) is 24.8 Å². The summed E-state index contributed by atoms with van der Waals surface area (Å²) in [4.78, 5) is 11.4. The molecule has 0 aliphatic heterocycles. The number of hydrogen-bond donors (Lipinski definition) is 2. The predicted octanol–water partition coefficient (Wildman–Crippen LogP) is 3.22. The first-order valence-corrected chi connectivity index (χ1v) is 7.29. The molecule has 1 amide bonds. The van der Waals surface area contributed by atoms with Gasteiger partial charge in [-0.05, 0) is 57.9 Å². The van der Waals surface area contributed by atoms with Gasteiger partial charge in [0.25, 0.3) is 0 Å². The Morgan fingerprint density at radius 1 is 1.14 bits per heavy atom. The minimum absolute atomic E-state index is 0.216. The zero-order valence-corrected chi connectivity index (χ0v) is 13.0. The number of hydrogen-bond acceptors (Lipinski definition) is 3. The van der Waals surface area contributed by atoms with E-state index in [-0.39, 0.29) is 11.9 Å². The normalized spacial score (nSPS) is 11.2. The molecule has 0 aliphatic rings. The SMILES string of the molecule is CC(C)(C)OC(=O)NCCCCNCc1ccc(F)cc1. The lowest BCUT2D eigenvalue weighted by Crippen LogP contribution is -2.33. The fourth-order valence-electron chi connectivity index (χ4n) is 1.71. The first-order chi connectivity index (χ1) is 9.87. The van der Waals surface area contributed by atoms with Crippen LogP contribution in [0.15, 0.2) is 24.3 Å². The molecule has 0 saturated heterocycles. The number of benzene rings is 1. The number of nitrogens with one attached hydrogen (secondary N) is 2. The van der Waals surface area contributed by atoms with E-state index in [9.17, 15) is 9.18 Å². The molecular weight excluding hydrogens is 271 g/mol. The van der Waals surface area contributed by atoms with Crippen LogP contribution in [0.25, 0.3) is 0 Å². The van der Waals surface area contributed by atoms with Crippen molar-refractivity contribution < 1.29 is 13.9 Å². The van der Waals surface area contributed by atoms with Crippen molar-refractivity contribution >= 4 is 6.09 Å².